The number of pyridine rings is 2. The van der Waals surface area contributed by atoms with Gasteiger partial charge in [0.15, 0.2) is 5.13 Å². The largest absolute Gasteiger partial charge is 0.298 e. The molecular formula is C18H13ClN4OS. The second-order valence-electron chi connectivity index (χ2n) is 5.51. The first kappa shape index (κ1) is 15.9. The third-order valence-electron chi connectivity index (χ3n) is 3.92. The van der Waals surface area contributed by atoms with E-state index in [1.807, 2.05) is 23.6 Å². The van der Waals surface area contributed by atoms with E-state index < -0.39 is 0 Å². The molecule has 25 heavy (non-hydrogen) atoms. The Balaban J connectivity index is 1.81. The predicted molar refractivity (Wildman–Crippen MR) is 99.6 cm³/mol. The minimum atomic E-state index is -0.151. The number of fused-ring (bicyclic) bond motifs is 1. The highest BCUT2D eigenvalue weighted by atomic mass is 35.5. The lowest BCUT2D eigenvalue weighted by Crippen LogP contribution is -2.36. The first-order chi connectivity index (χ1) is 12.2. The quantitative estimate of drug-likeness (QED) is 0.721. The Morgan fingerprint density at radius 1 is 1.20 bits per heavy atom. The van der Waals surface area contributed by atoms with E-state index in [0.717, 1.165) is 22.9 Å². The summed E-state index contributed by atoms with van der Waals surface area (Å²) in [7, 11) is 0. The molecule has 0 atom stereocenters. The number of aromatic nitrogens is 3. The zero-order chi connectivity index (χ0) is 17.2. The third kappa shape index (κ3) is 3.31. The molecule has 3 heterocycles. The minimum absolute atomic E-state index is 0.151. The van der Waals surface area contributed by atoms with Crippen LogP contribution in [0.1, 0.15) is 12.8 Å². The van der Waals surface area contributed by atoms with Crippen LogP contribution < -0.4 is 15.9 Å². The van der Waals surface area contributed by atoms with Gasteiger partial charge in [-0.15, -0.1) is 11.3 Å². The molecule has 1 amide bonds. The van der Waals surface area contributed by atoms with E-state index in [1.54, 1.807) is 18.5 Å². The Morgan fingerprint density at radius 3 is 2.92 bits per heavy atom. The van der Waals surface area contributed by atoms with Crippen LogP contribution in [-0.4, -0.2) is 20.9 Å². The summed E-state index contributed by atoms with van der Waals surface area (Å²) in [5.41, 5.74) is 2.31. The highest BCUT2D eigenvalue weighted by Crippen LogP contribution is 2.19. The van der Waals surface area contributed by atoms with E-state index >= 15 is 0 Å². The van der Waals surface area contributed by atoms with Crippen molar-refractivity contribution in [3.8, 4) is 11.3 Å². The summed E-state index contributed by atoms with van der Waals surface area (Å²) >= 11 is 7.37. The lowest BCUT2D eigenvalue weighted by molar-refractivity contribution is -0.111. The number of carbonyl (C=O) groups is 1. The fraction of sp³-hybridized carbons (Fsp3) is 0.111. The summed E-state index contributed by atoms with van der Waals surface area (Å²) in [6.45, 7) is 0. The van der Waals surface area contributed by atoms with Crippen molar-refractivity contribution in [2.75, 3.05) is 5.32 Å². The van der Waals surface area contributed by atoms with Crippen molar-refractivity contribution in [2.45, 2.75) is 12.8 Å². The first-order valence-corrected chi connectivity index (χ1v) is 9.00. The summed E-state index contributed by atoms with van der Waals surface area (Å²) in [6, 6.07) is 7.53. The van der Waals surface area contributed by atoms with Crippen molar-refractivity contribution < 1.29 is 4.79 Å². The molecule has 1 aliphatic carbocycles. The number of halogens is 1. The summed E-state index contributed by atoms with van der Waals surface area (Å²) in [4.78, 5) is 25.5. The van der Waals surface area contributed by atoms with Crippen molar-refractivity contribution in [3.05, 3.63) is 57.8 Å². The molecule has 0 spiro atoms. The minimum Gasteiger partial charge on any atom is -0.298 e. The number of rotatable bonds is 3. The molecule has 0 saturated carbocycles. The van der Waals surface area contributed by atoms with Crippen LogP contribution in [0, 0.1) is 0 Å². The topological polar surface area (TPSA) is 67.8 Å². The van der Waals surface area contributed by atoms with Gasteiger partial charge in [0.2, 0.25) is 0 Å². The smallest absolute Gasteiger partial charge is 0.255 e. The molecule has 0 bridgehead atoms. The van der Waals surface area contributed by atoms with Crippen LogP contribution in [0.4, 0.5) is 5.13 Å². The molecule has 0 saturated heterocycles. The third-order valence-corrected chi connectivity index (χ3v) is 4.82. The average molecular weight is 369 g/mol. The van der Waals surface area contributed by atoms with E-state index in [1.165, 1.54) is 11.3 Å². The maximum absolute atomic E-state index is 12.7. The van der Waals surface area contributed by atoms with E-state index in [0.29, 0.717) is 27.6 Å². The SMILES string of the molecule is O=C(Nc1nccs1)C1=c2nc(-c3ccnc(Cl)c3)ccc2=CCC1. The summed E-state index contributed by atoms with van der Waals surface area (Å²) in [5, 5.41) is 7.36. The number of hydrogen-bond donors (Lipinski definition) is 1. The van der Waals surface area contributed by atoms with Gasteiger partial charge in [-0.25, -0.2) is 15.0 Å². The maximum Gasteiger partial charge on any atom is 0.255 e. The van der Waals surface area contributed by atoms with Gasteiger partial charge in [-0.3, -0.25) is 10.1 Å². The monoisotopic (exact) mass is 368 g/mol. The van der Waals surface area contributed by atoms with E-state index in [4.69, 9.17) is 16.6 Å². The van der Waals surface area contributed by atoms with E-state index in [2.05, 4.69) is 21.4 Å². The average Bonchev–Trinajstić information content (AvgIpc) is 3.13. The lowest BCUT2D eigenvalue weighted by Gasteiger charge is -2.11. The Labute approximate surface area is 152 Å². The molecule has 0 unspecified atom stereocenters. The summed E-state index contributed by atoms with van der Waals surface area (Å²) in [5.74, 6) is -0.151. The van der Waals surface area contributed by atoms with Gasteiger partial charge in [0.05, 0.1) is 11.0 Å². The number of carbonyl (C=O) groups excluding carboxylic acids is 1. The fourth-order valence-electron chi connectivity index (χ4n) is 2.77. The van der Waals surface area contributed by atoms with Crippen LogP contribution in [0.2, 0.25) is 5.15 Å². The maximum atomic E-state index is 12.7. The molecule has 1 aliphatic rings. The molecule has 5 nitrogen and oxygen atoms in total. The molecule has 3 aromatic rings. The Hall–Kier alpha value is -2.57. The summed E-state index contributed by atoms with van der Waals surface area (Å²) < 4.78 is 0. The van der Waals surface area contributed by atoms with Crippen LogP contribution in [0.15, 0.2) is 42.0 Å². The number of hydrogen-bond acceptors (Lipinski definition) is 5. The Kier molecular flexibility index (Phi) is 4.29. The molecule has 7 heteroatoms. The van der Waals surface area contributed by atoms with Gasteiger partial charge in [0.25, 0.3) is 5.91 Å². The van der Waals surface area contributed by atoms with Gasteiger partial charge in [0.1, 0.15) is 5.15 Å². The van der Waals surface area contributed by atoms with E-state index in [9.17, 15) is 4.79 Å². The first-order valence-electron chi connectivity index (χ1n) is 7.74. The zero-order valence-electron chi connectivity index (χ0n) is 13.1. The molecule has 0 fully saturated rings. The van der Waals surface area contributed by atoms with Gasteiger partial charge >= 0.3 is 0 Å². The molecule has 4 rings (SSSR count). The molecule has 0 radical (unpaired) electrons. The molecule has 124 valence electrons. The van der Waals surface area contributed by atoms with Gasteiger partial charge in [-0.05, 0) is 36.3 Å². The van der Waals surface area contributed by atoms with Crippen LogP contribution in [-0.2, 0) is 4.79 Å². The van der Waals surface area contributed by atoms with Gasteiger partial charge in [-0.2, -0.15) is 0 Å². The highest BCUT2D eigenvalue weighted by Gasteiger charge is 2.16. The molecule has 1 N–H and O–H groups in total. The van der Waals surface area contributed by atoms with Crippen molar-refractivity contribution in [3.63, 3.8) is 0 Å². The van der Waals surface area contributed by atoms with Gasteiger partial charge in [-0.1, -0.05) is 23.7 Å². The second kappa shape index (κ2) is 6.74. The Morgan fingerprint density at radius 2 is 2.12 bits per heavy atom. The van der Waals surface area contributed by atoms with Crippen LogP contribution >= 0.6 is 22.9 Å². The highest BCUT2D eigenvalue weighted by molar-refractivity contribution is 7.13. The van der Waals surface area contributed by atoms with Gasteiger partial charge in [0, 0.05) is 28.9 Å². The number of anilines is 1. The Bertz CT molecular complexity index is 1060. The molecular weight excluding hydrogens is 356 g/mol. The van der Waals surface area contributed by atoms with Crippen molar-refractivity contribution >= 4 is 45.6 Å². The van der Waals surface area contributed by atoms with Crippen LogP contribution in [0.5, 0.6) is 0 Å². The summed E-state index contributed by atoms with van der Waals surface area (Å²) in [6.07, 6.45) is 6.88. The fourth-order valence-corrected chi connectivity index (χ4v) is 3.47. The lowest BCUT2D eigenvalue weighted by atomic mass is 10.0. The molecule has 3 aromatic heterocycles. The second-order valence-corrected chi connectivity index (χ2v) is 6.80. The van der Waals surface area contributed by atoms with Crippen molar-refractivity contribution in [1.29, 1.82) is 0 Å². The van der Waals surface area contributed by atoms with Gasteiger partial charge < -0.3 is 0 Å². The van der Waals surface area contributed by atoms with Crippen LogP contribution in [0.3, 0.4) is 0 Å². The zero-order valence-corrected chi connectivity index (χ0v) is 14.6. The normalized spacial score (nSPS) is 13.1. The molecule has 0 aromatic carbocycles. The number of thiazole rings is 1. The number of nitrogens with zero attached hydrogens (tertiary/aromatic N) is 3. The predicted octanol–water partition coefficient (Wildman–Crippen LogP) is 2.62. The standard InChI is InChI=1S/C18H13ClN4OS/c19-15-10-12(6-7-20-15)14-5-4-11-2-1-3-13(16(11)22-14)17(24)23-18-21-8-9-25-18/h2,4-10H,1,3H2,(H,21,23,24). The van der Waals surface area contributed by atoms with Crippen molar-refractivity contribution in [1.82, 2.24) is 15.0 Å². The van der Waals surface area contributed by atoms with Crippen LogP contribution in [0.25, 0.3) is 22.9 Å². The number of amides is 1. The van der Waals surface area contributed by atoms with E-state index in [-0.39, 0.29) is 5.91 Å². The number of nitrogens with one attached hydrogen (secondary N) is 1. The van der Waals surface area contributed by atoms with Crippen molar-refractivity contribution in [2.24, 2.45) is 0 Å². The molecule has 0 aliphatic heterocycles.